The van der Waals surface area contributed by atoms with E-state index >= 15 is 0 Å². The van der Waals surface area contributed by atoms with Gasteiger partial charge in [-0.15, -0.1) is 13.2 Å². The van der Waals surface area contributed by atoms with Crippen molar-refractivity contribution >= 4 is 55.8 Å². The van der Waals surface area contributed by atoms with Crippen LogP contribution in [0.3, 0.4) is 0 Å². The molecule has 0 radical (unpaired) electrons. The van der Waals surface area contributed by atoms with E-state index in [1.807, 2.05) is 0 Å². The van der Waals surface area contributed by atoms with Crippen molar-refractivity contribution < 1.29 is 26.3 Å². The monoisotopic (exact) mass is 484 g/mol. The summed E-state index contributed by atoms with van der Waals surface area (Å²) in [5.41, 5.74) is 0.223. The lowest BCUT2D eigenvalue weighted by atomic mass is 9.93. The summed E-state index contributed by atoms with van der Waals surface area (Å²) < 4.78 is 62.2. The van der Waals surface area contributed by atoms with Crippen molar-refractivity contribution in [3.8, 4) is 16.9 Å². The summed E-state index contributed by atoms with van der Waals surface area (Å²) in [4.78, 5) is 0.0299. The third-order valence-corrected chi connectivity index (χ3v) is 6.45. The number of ether oxygens (including phenoxy) is 1. The first-order valence-electron chi connectivity index (χ1n) is 8.86. The standard InChI is InChI=1S/C22H13Cl2F3O3S/c1-29-31(28)21-17(24)11-13-7-3-5-9-15(13)19(21)18-14-8-4-2-6-12(14)10-16(23)20(18)30-22(25,26)27/h2-11H,1H3. The van der Waals surface area contributed by atoms with E-state index in [4.69, 9.17) is 27.4 Å². The Kier molecular flexibility index (Phi) is 5.87. The van der Waals surface area contributed by atoms with Crippen LogP contribution in [0.2, 0.25) is 10.0 Å². The summed E-state index contributed by atoms with van der Waals surface area (Å²) in [6, 6.07) is 16.7. The van der Waals surface area contributed by atoms with Gasteiger partial charge in [-0.2, -0.15) is 0 Å². The van der Waals surface area contributed by atoms with E-state index in [0.29, 0.717) is 21.5 Å². The minimum atomic E-state index is -5.00. The SMILES string of the molecule is COS(=O)c1c(Cl)cc2ccccc2c1-c1c(OC(F)(F)F)c(Cl)cc2ccccc12. The Labute approximate surface area is 187 Å². The van der Waals surface area contributed by atoms with Crippen LogP contribution >= 0.6 is 23.2 Å². The number of hydrogen-bond donors (Lipinski definition) is 0. The van der Waals surface area contributed by atoms with Gasteiger partial charge in [0.15, 0.2) is 16.8 Å². The predicted octanol–water partition coefficient (Wildman–Crippen LogP) is 7.53. The highest BCUT2D eigenvalue weighted by Gasteiger charge is 2.35. The molecular formula is C22H13Cl2F3O3S. The lowest BCUT2D eigenvalue weighted by Crippen LogP contribution is -2.18. The molecule has 1 atom stereocenters. The first-order chi connectivity index (χ1) is 14.7. The summed E-state index contributed by atoms with van der Waals surface area (Å²) in [5.74, 6) is -0.602. The number of hydrogen-bond acceptors (Lipinski definition) is 3. The third kappa shape index (κ3) is 4.11. The van der Waals surface area contributed by atoms with Gasteiger partial charge in [0, 0.05) is 11.1 Å². The molecule has 0 aromatic heterocycles. The molecule has 0 amide bonds. The number of alkyl halides is 3. The molecule has 4 rings (SSSR count). The molecule has 4 aromatic carbocycles. The fraction of sp³-hybridized carbons (Fsp3) is 0.0909. The van der Waals surface area contributed by atoms with E-state index in [9.17, 15) is 17.4 Å². The zero-order chi connectivity index (χ0) is 22.3. The van der Waals surface area contributed by atoms with Crippen molar-refractivity contribution in [2.24, 2.45) is 0 Å². The third-order valence-electron chi connectivity index (χ3n) is 4.70. The Morgan fingerprint density at radius 3 is 1.90 bits per heavy atom. The quantitative estimate of drug-likeness (QED) is 0.300. The van der Waals surface area contributed by atoms with Crippen LogP contribution in [0.25, 0.3) is 32.7 Å². The van der Waals surface area contributed by atoms with Gasteiger partial charge < -0.3 is 4.74 Å². The fourth-order valence-electron chi connectivity index (χ4n) is 3.55. The average Bonchev–Trinajstić information content (AvgIpc) is 2.72. The molecule has 0 saturated carbocycles. The summed E-state index contributed by atoms with van der Waals surface area (Å²) in [6.45, 7) is 0. The van der Waals surface area contributed by atoms with Crippen molar-refractivity contribution in [2.45, 2.75) is 11.3 Å². The highest BCUT2D eigenvalue weighted by atomic mass is 35.5. The van der Waals surface area contributed by atoms with Gasteiger partial charge in [0.25, 0.3) is 0 Å². The van der Waals surface area contributed by atoms with E-state index in [0.717, 1.165) is 0 Å². The van der Waals surface area contributed by atoms with Crippen molar-refractivity contribution in [3.05, 3.63) is 70.7 Å². The molecule has 0 heterocycles. The van der Waals surface area contributed by atoms with Gasteiger partial charge in [0.2, 0.25) is 0 Å². The highest BCUT2D eigenvalue weighted by molar-refractivity contribution is 7.80. The average molecular weight is 485 g/mol. The minimum absolute atomic E-state index is 0.0273. The first kappa shape index (κ1) is 21.9. The maximum atomic E-state index is 13.3. The minimum Gasteiger partial charge on any atom is -0.404 e. The van der Waals surface area contributed by atoms with Gasteiger partial charge in [-0.25, -0.2) is 4.21 Å². The van der Waals surface area contributed by atoms with Crippen LogP contribution < -0.4 is 4.74 Å². The molecule has 0 saturated heterocycles. The second-order valence-electron chi connectivity index (χ2n) is 6.52. The molecule has 3 nitrogen and oxygen atoms in total. The second kappa shape index (κ2) is 8.31. The summed E-state index contributed by atoms with van der Waals surface area (Å²) in [7, 11) is 1.22. The van der Waals surface area contributed by atoms with E-state index in [-0.39, 0.29) is 26.1 Å². The van der Waals surface area contributed by atoms with Crippen molar-refractivity contribution in [2.75, 3.05) is 7.11 Å². The zero-order valence-corrected chi connectivity index (χ0v) is 18.1. The van der Waals surface area contributed by atoms with Crippen LogP contribution in [0.4, 0.5) is 13.2 Å². The summed E-state index contributed by atoms with van der Waals surface area (Å²) in [5, 5.41) is 2.00. The second-order valence-corrected chi connectivity index (χ2v) is 8.54. The molecule has 160 valence electrons. The van der Waals surface area contributed by atoms with Crippen molar-refractivity contribution in [1.29, 1.82) is 0 Å². The highest BCUT2D eigenvalue weighted by Crippen LogP contribution is 2.49. The van der Waals surface area contributed by atoms with Gasteiger partial charge >= 0.3 is 6.36 Å². The molecule has 0 N–H and O–H groups in total. The van der Waals surface area contributed by atoms with Crippen LogP contribution in [0, 0.1) is 0 Å². The molecule has 0 aliphatic rings. The van der Waals surface area contributed by atoms with Gasteiger partial charge in [-0.3, -0.25) is 4.18 Å². The molecule has 9 heteroatoms. The molecule has 31 heavy (non-hydrogen) atoms. The summed E-state index contributed by atoms with van der Waals surface area (Å²) in [6.07, 6.45) is -5.00. The smallest absolute Gasteiger partial charge is 0.404 e. The van der Waals surface area contributed by atoms with E-state index < -0.39 is 23.2 Å². The fourth-order valence-corrected chi connectivity index (χ4v) is 4.96. The predicted molar refractivity (Wildman–Crippen MR) is 117 cm³/mol. The molecule has 0 fully saturated rings. The first-order valence-corrected chi connectivity index (χ1v) is 10.7. The van der Waals surface area contributed by atoms with Gasteiger partial charge in [0.05, 0.1) is 22.1 Å². The van der Waals surface area contributed by atoms with Crippen LogP contribution in [0.1, 0.15) is 0 Å². The van der Waals surface area contributed by atoms with Gasteiger partial charge in [0.1, 0.15) is 0 Å². The van der Waals surface area contributed by atoms with Gasteiger partial charge in [-0.1, -0.05) is 71.7 Å². The Hall–Kier alpha value is -2.32. The topological polar surface area (TPSA) is 35.5 Å². The number of fused-ring (bicyclic) bond motifs is 2. The van der Waals surface area contributed by atoms with Crippen LogP contribution in [0.5, 0.6) is 5.75 Å². The molecule has 0 aliphatic heterocycles. The largest absolute Gasteiger partial charge is 0.573 e. The van der Waals surface area contributed by atoms with Crippen LogP contribution in [-0.2, 0) is 15.3 Å². The molecule has 0 bridgehead atoms. The Balaban J connectivity index is 2.27. The number of halogens is 5. The lowest BCUT2D eigenvalue weighted by Gasteiger charge is -2.21. The molecule has 1 unspecified atom stereocenters. The van der Waals surface area contributed by atoms with E-state index in [1.165, 1.54) is 13.2 Å². The van der Waals surface area contributed by atoms with E-state index in [2.05, 4.69) is 4.74 Å². The maximum absolute atomic E-state index is 13.3. The van der Waals surface area contributed by atoms with Crippen LogP contribution in [-0.4, -0.2) is 17.7 Å². The van der Waals surface area contributed by atoms with Crippen molar-refractivity contribution in [3.63, 3.8) is 0 Å². The molecule has 0 spiro atoms. The zero-order valence-electron chi connectivity index (χ0n) is 15.8. The number of benzene rings is 4. The Morgan fingerprint density at radius 2 is 1.35 bits per heavy atom. The molecular weight excluding hydrogens is 472 g/mol. The molecule has 0 aliphatic carbocycles. The molecule has 4 aromatic rings. The Morgan fingerprint density at radius 1 is 0.839 bits per heavy atom. The van der Waals surface area contributed by atoms with Gasteiger partial charge in [-0.05, 0) is 33.7 Å². The van der Waals surface area contributed by atoms with Crippen molar-refractivity contribution in [1.82, 2.24) is 0 Å². The Bertz CT molecular complexity index is 1340. The maximum Gasteiger partial charge on any atom is 0.573 e. The summed E-state index contributed by atoms with van der Waals surface area (Å²) >= 11 is 10.6. The van der Waals surface area contributed by atoms with Crippen LogP contribution in [0.15, 0.2) is 65.6 Å². The number of rotatable bonds is 4. The normalized spacial score (nSPS) is 13.0. The van der Waals surface area contributed by atoms with E-state index in [1.54, 1.807) is 54.6 Å². The lowest BCUT2D eigenvalue weighted by molar-refractivity contribution is -0.274.